The average Bonchev–Trinajstić information content (AvgIpc) is 2.49. The molecule has 2 aromatic rings. The highest BCUT2D eigenvalue weighted by molar-refractivity contribution is 5.54. The zero-order valence-electron chi connectivity index (χ0n) is 12.4. The third-order valence-electron chi connectivity index (χ3n) is 3.34. The predicted molar refractivity (Wildman–Crippen MR) is 82.4 cm³/mol. The van der Waals surface area contributed by atoms with Gasteiger partial charge >= 0.3 is 0 Å². The first-order chi connectivity index (χ1) is 10.0. The molecule has 0 heterocycles. The molecule has 0 spiro atoms. The standard InChI is InChI=1S/C17H18N2O2/c1-11-6-12(2)16(8-15(11)19)21-10-13-4-5-14(9-18)17(7-13)20-3/h4-8H,10,19H2,1-3H3. The van der Waals surface area contributed by atoms with Gasteiger partial charge in [-0.3, -0.25) is 0 Å². The molecule has 0 saturated heterocycles. The fourth-order valence-electron chi connectivity index (χ4n) is 2.08. The summed E-state index contributed by atoms with van der Waals surface area (Å²) >= 11 is 0. The van der Waals surface area contributed by atoms with Crippen LogP contribution in [0.15, 0.2) is 30.3 Å². The van der Waals surface area contributed by atoms with E-state index in [-0.39, 0.29) is 0 Å². The maximum atomic E-state index is 8.97. The van der Waals surface area contributed by atoms with Crippen LogP contribution in [0.1, 0.15) is 22.3 Å². The lowest BCUT2D eigenvalue weighted by Gasteiger charge is -2.12. The molecule has 0 aliphatic heterocycles. The quantitative estimate of drug-likeness (QED) is 0.873. The van der Waals surface area contributed by atoms with Crippen molar-refractivity contribution < 1.29 is 9.47 Å². The lowest BCUT2D eigenvalue weighted by atomic mass is 10.1. The molecule has 0 aliphatic carbocycles. The van der Waals surface area contributed by atoms with Gasteiger partial charge in [0.25, 0.3) is 0 Å². The second-order valence-corrected chi connectivity index (χ2v) is 4.91. The monoisotopic (exact) mass is 282 g/mol. The van der Waals surface area contributed by atoms with Crippen molar-refractivity contribution in [2.45, 2.75) is 20.5 Å². The summed E-state index contributed by atoms with van der Waals surface area (Å²) in [7, 11) is 1.55. The van der Waals surface area contributed by atoms with Gasteiger partial charge in [0.2, 0.25) is 0 Å². The number of aryl methyl sites for hydroxylation is 2. The number of rotatable bonds is 4. The summed E-state index contributed by atoms with van der Waals surface area (Å²) in [5.74, 6) is 1.32. The molecule has 2 N–H and O–H groups in total. The maximum absolute atomic E-state index is 8.97. The molecule has 2 rings (SSSR count). The highest BCUT2D eigenvalue weighted by atomic mass is 16.5. The van der Waals surface area contributed by atoms with Gasteiger partial charge in [-0.1, -0.05) is 12.1 Å². The fraction of sp³-hybridized carbons (Fsp3) is 0.235. The van der Waals surface area contributed by atoms with Crippen molar-refractivity contribution in [3.05, 3.63) is 52.6 Å². The number of ether oxygens (including phenoxy) is 2. The molecule has 21 heavy (non-hydrogen) atoms. The van der Waals surface area contributed by atoms with Crippen LogP contribution in [0.5, 0.6) is 11.5 Å². The third kappa shape index (κ3) is 3.26. The largest absolute Gasteiger partial charge is 0.495 e. The molecule has 4 heteroatoms. The summed E-state index contributed by atoms with van der Waals surface area (Å²) in [6, 6.07) is 11.3. The van der Waals surface area contributed by atoms with E-state index in [1.807, 2.05) is 38.1 Å². The van der Waals surface area contributed by atoms with Gasteiger partial charge in [-0.15, -0.1) is 0 Å². The summed E-state index contributed by atoms with van der Waals surface area (Å²) in [4.78, 5) is 0. The Bertz CT molecular complexity index is 703. The van der Waals surface area contributed by atoms with Gasteiger partial charge in [-0.05, 0) is 42.7 Å². The van der Waals surface area contributed by atoms with Crippen molar-refractivity contribution in [2.75, 3.05) is 12.8 Å². The predicted octanol–water partition coefficient (Wildman–Crippen LogP) is 3.34. The van der Waals surface area contributed by atoms with E-state index in [2.05, 4.69) is 6.07 Å². The molecule has 0 bridgehead atoms. The second-order valence-electron chi connectivity index (χ2n) is 4.91. The SMILES string of the molecule is COc1cc(COc2cc(N)c(C)cc2C)ccc1C#N. The highest BCUT2D eigenvalue weighted by Crippen LogP contribution is 2.26. The molecule has 2 aromatic carbocycles. The van der Waals surface area contributed by atoms with Crippen molar-refractivity contribution in [1.82, 2.24) is 0 Å². The lowest BCUT2D eigenvalue weighted by Crippen LogP contribution is -2.00. The normalized spacial score (nSPS) is 10.0. The molecule has 0 saturated carbocycles. The number of hydrogen-bond acceptors (Lipinski definition) is 4. The van der Waals surface area contributed by atoms with E-state index in [9.17, 15) is 0 Å². The number of hydrogen-bond donors (Lipinski definition) is 1. The van der Waals surface area contributed by atoms with Crippen LogP contribution in [0.2, 0.25) is 0 Å². The zero-order valence-corrected chi connectivity index (χ0v) is 12.4. The van der Waals surface area contributed by atoms with Gasteiger partial charge in [0.1, 0.15) is 24.2 Å². The summed E-state index contributed by atoms with van der Waals surface area (Å²) in [6.45, 7) is 4.35. The van der Waals surface area contributed by atoms with Crippen LogP contribution in [0.4, 0.5) is 5.69 Å². The molecular formula is C17H18N2O2. The summed E-state index contributed by atoms with van der Waals surface area (Å²) in [5.41, 5.74) is 10.2. The van der Waals surface area contributed by atoms with Crippen LogP contribution in [-0.2, 0) is 6.61 Å². The van der Waals surface area contributed by atoms with Crippen LogP contribution < -0.4 is 15.2 Å². The van der Waals surface area contributed by atoms with Crippen molar-refractivity contribution in [3.63, 3.8) is 0 Å². The van der Waals surface area contributed by atoms with E-state index in [0.29, 0.717) is 23.6 Å². The third-order valence-corrected chi connectivity index (χ3v) is 3.34. The molecule has 108 valence electrons. The second kappa shape index (κ2) is 6.19. The van der Waals surface area contributed by atoms with Crippen LogP contribution in [-0.4, -0.2) is 7.11 Å². The van der Waals surface area contributed by atoms with E-state index in [4.69, 9.17) is 20.5 Å². The van der Waals surface area contributed by atoms with Gasteiger partial charge in [0, 0.05) is 11.8 Å². The Morgan fingerprint density at radius 3 is 2.52 bits per heavy atom. The lowest BCUT2D eigenvalue weighted by molar-refractivity contribution is 0.303. The van der Waals surface area contributed by atoms with Gasteiger partial charge in [-0.25, -0.2) is 0 Å². The van der Waals surface area contributed by atoms with Crippen LogP contribution in [0, 0.1) is 25.2 Å². The molecule has 0 aliphatic rings. The number of nitrogens with zero attached hydrogens (tertiary/aromatic N) is 1. The summed E-state index contributed by atoms with van der Waals surface area (Å²) in [5, 5.41) is 8.97. The Balaban J connectivity index is 2.17. The zero-order chi connectivity index (χ0) is 15.4. The molecular weight excluding hydrogens is 264 g/mol. The van der Waals surface area contributed by atoms with Crippen LogP contribution in [0.3, 0.4) is 0 Å². The number of nitrogens with two attached hydrogens (primary N) is 1. The smallest absolute Gasteiger partial charge is 0.137 e. The highest BCUT2D eigenvalue weighted by Gasteiger charge is 2.07. The molecule has 0 fully saturated rings. The number of nitrogen functional groups attached to an aromatic ring is 1. The van der Waals surface area contributed by atoms with E-state index in [1.165, 1.54) is 0 Å². The van der Waals surface area contributed by atoms with Crippen molar-refractivity contribution >= 4 is 5.69 Å². The number of methoxy groups -OCH3 is 1. The first-order valence-electron chi connectivity index (χ1n) is 6.61. The van der Waals surface area contributed by atoms with Crippen LogP contribution >= 0.6 is 0 Å². The number of nitriles is 1. The van der Waals surface area contributed by atoms with Gasteiger partial charge in [-0.2, -0.15) is 5.26 Å². The van der Waals surface area contributed by atoms with Gasteiger partial charge < -0.3 is 15.2 Å². The minimum Gasteiger partial charge on any atom is -0.495 e. The minimum atomic E-state index is 0.394. The number of benzene rings is 2. The molecule has 0 aromatic heterocycles. The summed E-state index contributed by atoms with van der Waals surface area (Å²) in [6.07, 6.45) is 0. The Morgan fingerprint density at radius 2 is 1.86 bits per heavy atom. The first-order valence-corrected chi connectivity index (χ1v) is 6.61. The topological polar surface area (TPSA) is 68.3 Å². The molecule has 0 atom stereocenters. The molecule has 0 amide bonds. The number of anilines is 1. The molecule has 0 radical (unpaired) electrons. The first kappa shape index (κ1) is 14.7. The van der Waals surface area contributed by atoms with E-state index >= 15 is 0 Å². The molecule has 0 unspecified atom stereocenters. The van der Waals surface area contributed by atoms with Gasteiger partial charge in [0.15, 0.2) is 0 Å². The summed E-state index contributed by atoms with van der Waals surface area (Å²) < 4.78 is 11.0. The molecule has 4 nitrogen and oxygen atoms in total. The van der Waals surface area contributed by atoms with Crippen molar-refractivity contribution in [2.24, 2.45) is 0 Å². The van der Waals surface area contributed by atoms with Crippen LogP contribution in [0.25, 0.3) is 0 Å². The van der Waals surface area contributed by atoms with E-state index in [1.54, 1.807) is 13.2 Å². The Morgan fingerprint density at radius 1 is 1.10 bits per heavy atom. The fourth-order valence-corrected chi connectivity index (χ4v) is 2.08. The van der Waals surface area contributed by atoms with Crippen molar-refractivity contribution in [1.29, 1.82) is 5.26 Å². The van der Waals surface area contributed by atoms with Gasteiger partial charge in [0.05, 0.1) is 12.7 Å². The maximum Gasteiger partial charge on any atom is 0.137 e. The Labute approximate surface area is 124 Å². The van der Waals surface area contributed by atoms with E-state index in [0.717, 1.165) is 22.4 Å². The van der Waals surface area contributed by atoms with Crippen molar-refractivity contribution in [3.8, 4) is 17.6 Å². The Kier molecular flexibility index (Phi) is 4.34. The average molecular weight is 282 g/mol. The Hall–Kier alpha value is -2.67. The van der Waals surface area contributed by atoms with E-state index < -0.39 is 0 Å². The minimum absolute atomic E-state index is 0.394.